The molecule has 2 rings (SSSR count). The van der Waals surface area contributed by atoms with Crippen molar-refractivity contribution in [1.82, 2.24) is 5.32 Å². The van der Waals surface area contributed by atoms with Crippen LogP contribution in [0.25, 0.3) is 0 Å². The Morgan fingerprint density at radius 1 is 1.59 bits per heavy atom. The van der Waals surface area contributed by atoms with Crippen LogP contribution >= 0.6 is 11.6 Å². The lowest BCUT2D eigenvalue weighted by Crippen LogP contribution is -2.46. The average Bonchev–Trinajstić information content (AvgIpc) is 2.68. The van der Waals surface area contributed by atoms with Gasteiger partial charge in [0.05, 0.1) is 22.7 Å². The SMILES string of the molecule is CC1(NC(=O)c2cc(N)ccc2Cl)CCOC1. The first-order chi connectivity index (χ1) is 8.00. The van der Waals surface area contributed by atoms with Gasteiger partial charge < -0.3 is 15.8 Å². The van der Waals surface area contributed by atoms with Gasteiger partial charge in [-0.2, -0.15) is 0 Å². The third-order valence-electron chi connectivity index (χ3n) is 2.87. The first-order valence-corrected chi connectivity index (χ1v) is 5.83. The van der Waals surface area contributed by atoms with Gasteiger partial charge in [0.2, 0.25) is 0 Å². The molecular weight excluding hydrogens is 240 g/mol. The summed E-state index contributed by atoms with van der Waals surface area (Å²) in [6.45, 7) is 3.15. The Kier molecular flexibility index (Phi) is 3.26. The number of carbonyl (C=O) groups excluding carboxylic acids is 1. The quantitative estimate of drug-likeness (QED) is 0.792. The van der Waals surface area contributed by atoms with Crippen molar-refractivity contribution in [1.29, 1.82) is 0 Å². The van der Waals surface area contributed by atoms with E-state index in [4.69, 9.17) is 22.1 Å². The van der Waals surface area contributed by atoms with Gasteiger partial charge in [0.25, 0.3) is 5.91 Å². The molecule has 5 heteroatoms. The van der Waals surface area contributed by atoms with E-state index in [2.05, 4.69) is 5.32 Å². The Hall–Kier alpha value is -1.26. The first-order valence-electron chi connectivity index (χ1n) is 5.45. The number of rotatable bonds is 2. The molecule has 1 unspecified atom stereocenters. The maximum Gasteiger partial charge on any atom is 0.253 e. The number of benzene rings is 1. The summed E-state index contributed by atoms with van der Waals surface area (Å²) in [6.07, 6.45) is 0.804. The zero-order valence-electron chi connectivity index (χ0n) is 9.63. The van der Waals surface area contributed by atoms with E-state index in [1.54, 1.807) is 18.2 Å². The van der Waals surface area contributed by atoms with Gasteiger partial charge in [0, 0.05) is 12.3 Å². The first kappa shape index (κ1) is 12.2. The molecule has 4 nitrogen and oxygen atoms in total. The fourth-order valence-corrected chi connectivity index (χ4v) is 2.03. The second-order valence-corrected chi connectivity index (χ2v) is 4.96. The van der Waals surface area contributed by atoms with Crippen molar-refractivity contribution in [2.24, 2.45) is 0 Å². The highest BCUT2D eigenvalue weighted by Crippen LogP contribution is 2.22. The summed E-state index contributed by atoms with van der Waals surface area (Å²) in [4.78, 5) is 12.1. The molecule has 0 bridgehead atoms. The number of amides is 1. The van der Waals surface area contributed by atoms with Gasteiger partial charge >= 0.3 is 0 Å². The summed E-state index contributed by atoms with van der Waals surface area (Å²) < 4.78 is 5.28. The minimum atomic E-state index is -0.314. The number of nitrogens with one attached hydrogen (secondary N) is 1. The minimum absolute atomic E-state index is 0.213. The second kappa shape index (κ2) is 4.55. The predicted octanol–water partition coefficient (Wildman–Crippen LogP) is 1.83. The molecule has 0 spiro atoms. The Labute approximate surface area is 105 Å². The van der Waals surface area contributed by atoms with Crippen molar-refractivity contribution in [2.45, 2.75) is 18.9 Å². The molecule has 1 fully saturated rings. The Morgan fingerprint density at radius 2 is 2.35 bits per heavy atom. The number of hydrogen-bond donors (Lipinski definition) is 2. The van der Waals surface area contributed by atoms with Crippen LogP contribution in [0, 0.1) is 0 Å². The van der Waals surface area contributed by atoms with Gasteiger partial charge in [-0.3, -0.25) is 4.79 Å². The summed E-state index contributed by atoms with van der Waals surface area (Å²) in [5.41, 5.74) is 6.25. The molecule has 1 amide bonds. The minimum Gasteiger partial charge on any atom is -0.399 e. The van der Waals surface area contributed by atoms with Crippen LogP contribution in [0.4, 0.5) is 5.69 Å². The Morgan fingerprint density at radius 3 is 3.00 bits per heavy atom. The number of nitrogen functional groups attached to an aromatic ring is 1. The monoisotopic (exact) mass is 254 g/mol. The molecule has 1 aromatic carbocycles. The van der Waals surface area contributed by atoms with Crippen molar-refractivity contribution in [3.63, 3.8) is 0 Å². The molecule has 0 radical (unpaired) electrons. The molecule has 1 aromatic rings. The highest BCUT2D eigenvalue weighted by Gasteiger charge is 2.31. The third kappa shape index (κ3) is 2.70. The molecule has 1 aliphatic rings. The van der Waals surface area contributed by atoms with Crippen LogP contribution in [0.5, 0.6) is 0 Å². The maximum absolute atomic E-state index is 12.1. The molecule has 0 saturated carbocycles. The van der Waals surface area contributed by atoms with Crippen LogP contribution in [0.1, 0.15) is 23.7 Å². The molecule has 1 atom stereocenters. The van der Waals surface area contributed by atoms with Crippen LogP contribution in [0.2, 0.25) is 5.02 Å². The zero-order chi connectivity index (χ0) is 12.5. The molecular formula is C12H15ClN2O2. The van der Waals surface area contributed by atoms with Gasteiger partial charge in [-0.1, -0.05) is 11.6 Å². The number of anilines is 1. The van der Waals surface area contributed by atoms with Crippen molar-refractivity contribution in [2.75, 3.05) is 18.9 Å². The van der Waals surface area contributed by atoms with E-state index in [0.29, 0.717) is 29.5 Å². The van der Waals surface area contributed by atoms with Gasteiger partial charge in [0.15, 0.2) is 0 Å². The smallest absolute Gasteiger partial charge is 0.253 e. The Bertz CT molecular complexity index is 442. The van der Waals surface area contributed by atoms with Crippen LogP contribution in [-0.4, -0.2) is 24.7 Å². The molecule has 1 saturated heterocycles. The standard InChI is InChI=1S/C12H15ClN2O2/c1-12(4-5-17-7-12)15-11(16)9-6-8(14)2-3-10(9)13/h2-3,6H,4-5,7,14H2,1H3,(H,15,16). The molecule has 0 aliphatic carbocycles. The number of ether oxygens (including phenoxy) is 1. The van der Waals surface area contributed by atoms with Crippen LogP contribution in [0.15, 0.2) is 18.2 Å². The summed E-state index contributed by atoms with van der Waals surface area (Å²) in [5.74, 6) is -0.213. The van der Waals surface area contributed by atoms with Crippen molar-refractivity contribution in [3.05, 3.63) is 28.8 Å². The largest absolute Gasteiger partial charge is 0.399 e. The Balaban J connectivity index is 2.17. The lowest BCUT2D eigenvalue weighted by atomic mass is 10.0. The highest BCUT2D eigenvalue weighted by atomic mass is 35.5. The number of nitrogens with two attached hydrogens (primary N) is 1. The van der Waals surface area contributed by atoms with E-state index < -0.39 is 0 Å². The summed E-state index contributed by atoms with van der Waals surface area (Å²) in [5, 5.41) is 3.34. The zero-order valence-corrected chi connectivity index (χ0v) is 10.4. The van der Waals surface area contributed by atoms with Gasteiger partial charge in [-0.15, -0.1) is 0 Å². The van der Waals surface area contributed by atoms with Gasteiger partial charge in [-0.25, -0.2) is 0 Å². The topological polar surface area (TPSA) is 64.4 Å². The molecule has 92 valence electrons. The lowest BCUT2D eigenvalue weighted by Gasteiger charge is -2.23. The number of carbonyl (C=O) groups is 1. The van der Waals surface area contributed by atoms with Crippen molar-refractivity contribution >= 4 is 23.2 Å². The molecule has 1 aliphatic heterocycles. The van der Waals surface area contributed by atoms with E-state index >= 15 is 0 Å². The summed E-state index contributed by atoms with van der Waals surface area (Å²) >= 11 is 5.97. The molecule has 0 aromatic heterocycles. The predicted molar refractivity (Wildman–Crippen MR) is 67.2 cm³/mol. The van der Waals surface area contributed by atoms with E-state index in [-0.39, 0.29) is 11.4 Å². The van der Waals surface area contributed by atoms with Crippen molar-refractivity contribution < 1.29 is 9.53 Å². The van der Waals surface area contributed by atoms with Crippen LogP contribution < -0.4 is 11.1 Å². The van der Waals surface area contributed by atoms with Gasteiger partial charge in [0.1, 0.15) is 0 Å². The van der Waals surface area contributed by atoms with Gasteiger partial charge in [-0.05, 0) is 31.5 Å². The maximum atomic E-state index is 12.1. The van der Waals surface area contributed by atoms with Crippen LogP contribution in [0.3, 0.4) is 0 Å². The fraction of sp³-hybridized carbons (Fsp3) is 0.417. The number of halogens is 1. The lowest BCUT2D eigenvalue weighted by molar-refractivity contribution is 0.0890. The van der Waals surface area contributed by atoms with E-state index in [1.165, 1.54) is 0 Å². The highest BCUT2D eigenvalue weighted by molar-refractivity contribution is 6.34. The molecule has 3 N–H and O–H groups in total. The summed E-state index contributed by atoms with van der Waals surface area (Å²) in [7, 11) is 0. The fourth-order valence-electron chi connectivity index (χ4n) is 1.82. The van der Waals surface area contributed by atoms with Crippen molar-refractivity contribution in [3.8, 4) is 0 Å². The van der Waals surface area contributed by atoms with E-state index in [9.17, 15) is 4.79 Å². The molecule has 1 heterocycles. The van der Waals surface area contributed by atoms with Crippen LogP contribution in [-0.2, 0) is 4.74 Å². The second-order valence-electron chi connectivity index (χ2n) is 4.56. The summed E-state index contributed by atoms with van der Waals surface area (Å²) in [6, 6.07) is 4.87. The molecule has 17 heavy (non-hydrogen) atoms. The van der Waals surface area contributed by atoms with E-state index in [0.717, 1.165) is 6.42 Å². The number of hydrogen-bond acceptors (Lipinski definition) is 3. The average molecular weight is 255 g/mol. The normalized spacial score (nSPS) is 23.6. The third-order valence-corrected chi connectivity index (χ3v) is 3.20. The van der Waals surface area contributed by atoms with E-state index in [1.807, 2.05) is 6.92 Å².